The molecule has 1 aliphatic heterocycles. The Bertz CT molecular complexity index is 238. The van der Waals surface area contributed by atoms with E-state index in [1.54, 1.807) is 5.06 Å². The molecule has 0 radical (unpaired) electrons. The van der Waals surface area contributed by atoms with Gasteiger partial charge in [-0.1, -0.05) is 0 Å². The Morgan fingerprint density at radius 3 is 2.25 bits per heavy atom. The average molecular weight is 228 g/mol. The molecule has 0 unspecified atom stereocenters. The van der Waals surface area contributed by atoms with Gasteiger partial charge in [0.05, 0.1) is 5.41 Å². The molecule has 2 N–H and O–H groups in total. The molecule has 0 saturated carbocycles. The van der Waals surface area contributed by atoms with Gasteiger partial charge in [-0.2, -0.15) is 0 Å². The molecule has 0 aromatic rings. The maximum atomic E-state index is 11.7. The van der Waals surface area contributed by atoms with E-state index >= 15 is 0 Å². The smallest absolute Gasteiger partial charge is 0.330 e. The standard InChI is InChI=1S/C12H24N2O2/c1-9(13)10-5-7-14(8-6-10)16-11(15)12(2,3)4/h9-10H,5-8,13H2,1-4H3/t9-/m1/s1. The van der Waals surface area contributed by atoms with E-state index in [0.29, 0.717) is 5.92 Å². The van der Waals surface area contributed by atoms with E-state index in [9.17, 15) is 4.79 Å². The molecule has 94 valence electrons. The van der Waals surface area contributed by atoms with E-state index in [1.165, 1.54) is 0 Å². The van der Waals surface area contributed by atoms with Gasteiger partial charge in [-0.15, -0.1) is 5.06 Å². The number of nitrogens with zero attached hydrogens (tertiary/aromatic N) is 1. The van der Waals surface area contributed by atoms with Gasteiger partial charge in [-0.25, -0.2) is 4.79 Å². The van der Waals surface area contributed by atoms with Crippen LogP contribution in [0.5, 0.6) is 0 Å². The fraction of sp³-hybridized carbons (Fsp3) is 0.917. The Morgan fingerprint density at radius 1 is 1.38 bits per heavy atom. The molecule has 1 atom stereocenters. The van der Waals surface area contributed by atoms with Crippen LogP contribution in [0.25, 0.3) is 0 Å². The maximum absolute atomic E-state index is 11.7. The molecule has 1 saturated heterocycles. The van der Waals surface area contributed by atoms with Gasteiger partial charge >= 0.3 is 5.97 Å². The first-order valence-electron chi connectivity index (χ1n) is 6.03. The van der Waals surface area contributed by atoms with Crippen molar-refractivity contribution in [2.24, 2.45) is 17.1 Å². The lowest BCUT2D eigenvalue weighted by molar-refractivity contribution is -0.206. The minimum absolute atomic E-state index is 0.160. The van der Waals surface area contributed by atoms with Crippen LogP contribution < -0.4 is 5.73 Å². The summed E-state index contributed by atoms with van der Waals surface area (Å²) >= 11 is 0. The summed E-state index contributed by atoms with van der Waals surface area (Å²) in [5, 5.41) is 1.77. The minimum atomic E-state index is -0.433. The van der Waals surface area contributed by atoms with E-state index < -0.39 is 5.41 Å². The third kappa shape index (κ3) is 3.76. The van der Waals surface area contributed by atoms with Crippen molar-refractivity contribution in [1.82, 2.24) is 5.06 Å². The quantitative estimate of drug-likeness (QED) is 0.779. The zero-order valence-electron chi connectivity index (χ0n) is 10.8. The van der Waals surface area contributed by atoms with E-state index in [4.69, 9.17) is 10.6 Å². The Labute approximate surface area is 98.1 Å². The molecule has 0 aromatic heterocycles. The zero-order valence-corrected chi connectivity index (χ0v) is 10.8. The number of piperidine rings is 1. The Morgan fingerprint density at radius 2 is 1.88 bits per heavy atom. The predicted molar refractivity (Wildman–Crippen MR) is 63.5 cm³/mol. The van der Waals surface area contributed by atoms with E-state index in [-0.39, 0.29) is 12.0 Å². The maximum Gasteiger partial charge on any atom is 0.330 e. The first kappa shape index (κ1) is 13.5. The van der Waals surface area contributed by atoms with Crippen LogP contribution in [0.3, 0.4) is 0 Å². The van der Waals surface area contributed by atoms with Crippen molar-refractivity contribution in [3.63, 3.8) is 0 Å². The van der Waals surface area contributed by atoms with E-state index in [1.807, 2.05) is 27.7 Å². The van der Waals surface area contributed by atoms with Crippen LogP contribution >= 0.6 is 0 Å². The highest BCUT2D eigenvalue weighted by molar-refractivity contribution is 5.75. The van der Waals surface area contributed by atoms with Gasteiger partial charge in [0.15, 0.2) is 0 Å². The molecule has 4 heteroatoms. The summed E-state index contributed by atoms with van der Waals surface area (Å²) in [7, 11) is 0. The SMILES string of the molecule is C[C@@H](N)C1CCN(OC(=O)C(C)(C)C)CC1. The second-order valence-corrected chi connectivity index (χ2v) is 5.75. The van der Waals surface area contributed by atoms with Crippen molar-refractivity contribution in [2.45, 2.75) is 46.6 Å². The first-order chi connectivity index (χ1) is 7.30. The van der Waals surface area contributed by atoms with Crippen LogP contribution in [0.4, 0.5) is 0 Å². The van der Waals surface area contributed by atoms with Crippen LogP contribution in [0, 0.1) is 11.3 Å². The third-order valence-corrected chi connectivity index (χ3v) is 3.07. The van der Waals surface area contributed by atoms with Crippen molar-refractivity contribution in [2.75, 3.05) is 13.1 Å². The molecule has 1 aliphatic rings. The largest absolute Gasteiger partial charge is 0.367 e. The third-order valence-electron chi connectivity index (χ3n) is 3.07. The summed E-state index contributed by atoms with van der Waals surface area (Å²) in [4.78, 5) is 17.0. The molecular weight excluding hydrogens is 204 g/mol. The molecule has 16 heavy (non-hydrogen) atoms. The average Bonchev–Trinajstić information content (AvgIpc) is 2.17. The van der Waals surface area contributed by atoms with Crippen LogP contribution in [0.15, 0.2) is 0 Å². The summed E-state index contributed by atoms with van der Waals surface area (Å²) in [6, 6.07) is 0.237. The number of hydroxylamine groups is 2. The van der Waals surface area contributed by atoms with Crippen LogP contribution in [-0.2, 0) is 9.63 Å². The van der Waals surface area contributed by atoms with Crippen LogP contribution in [-0.4, -0.2) is 30.2 Å². The summed E-state index contributed by atoms with van der Waals surface area (Å²) < 4.78 is 0. The molecule has 0 amide bonds. The number of nitrogens with two attached hydrogens (primary N) is 1. The fourth-order valence-electron chi connectivity index (χ4n) is 1.75. The summed E-state index contributed by atoms with van der Waals surface area (Å²) in [6.45, 7) is 9.24. The second kappa shape index (κ2) is 5.15. The predicted octanol–water partition coefficient (Wildman–Crippen LogP) is 1.55. The minimum Gasteiger partial charge on any atom is -0.367 e. The highest BCUT2D eigenvalue weighted by Crippen LogP contribution is 2.22. The van der Waals surface area contributed by atoms with Gasteiger partial charge in [-0.05, 0) is 46.5 Å². The topological polar surface area (TPSA) is 55.6 Å². The Balaban J connectivity index is 2.35. The lowest BCUT2D eigenvalue weighted by Gasteiger charge is -2.33. The highest BCUT2D eigenvalue weighted by atomic mass is 16.7. The van der Waals surface area contributed by atoms with Gasteiger partial charge in [0.1, 0.15) is 0 Å². The molecule has 1 fully saturated rings. The molecule has 1 rings (SSSR count). The molecule has 0 spiro atoms. The normalized spacial score (nSPS) is 21.8. The summed E-state index contributed by atoms with van der Waals surface area (Å²) in [6.07, 6.45) is 2.02. The Hall–Kier alpha value is -0.610. The molecule has 4 nitrogen and oxygen atoms in total. The molecular formula is C12H24N2O2. The van der Waals surface area contributed by atoms with E-state index in [2.05, 4.69) is 0 Å². The van der Waals surface area contributed by atoms with E-state index in [0.717, 1.165) is 25.9 Å². The van der Waals surface area contributed by atoms with Crippen molar-refractivity contribution in [3.05, 3.63) is 0 Å². The number of carbonyl (C=O) groups excluding carboxylic acids is 1. The molecule has 1 heterocycles. The molecule has 0 aliphatic carbocycles. The van der Waals surface area contributed by atoms with Gasteiger partial charge in [0.25, 0.3) is 0 Å². The Kier molecular flexibility index (Phi) is 4.33. The highest BCUT2D eigenvalue weighted by Gasteiger charge is 2.29. The zero-order chi connectivity index (χ0) is 12.3. The van der Waals surface area contributed by atoms with Crippen LogP contribution in [0.2, 0.25) is 0 Å². The van der Waals surface area contributed by atoms with Crippen molar-refractivity contribution < 1.29 is 9.63 Å². The number of hydrogen-bond donors (Lipinski definition) is 1. The monoisotopic (exact) mass is 228 g/mol. The second-order valence-electron chi connectivity index (χ2n) is 5.75. The van der Waals surface area contributed by atoms with Crippen molar-refractivity contribution in [1.29, 1.82) is 0 Å². The lowest BCUT2D eigenvalue weighted by Crippen LogP contribution is -2.42. The van der Waals surface area contributed by atoms with Gasteiger partial charge < -0.3 is 10.6 Å². The summed E-state index contributed by atoms with van der Waals surface area (Å²) in [5.74, 6) is 0.399. The van der Waals surface area contributed by atoms with Gasteiger partial charge in [0, 0.05) is 19.1 Å². The number of carbonyl (C=O) groups is 1. The fourth-order valence-corrected chi connectivity index (χ4v) is 1.75. The van der Waals surface area contributed by atoms with Gasteiger partial charge in [0.2, 0.25) is 0 Å². The molecule has 0 aromatic carbocycles. The lowest BCUT2D eigenvalue weighted by atomic mass is 9.92. The number of rotatable bonds is 2. The van der Waals surface area contributed by atoms with Crippen molar-refractivity contribution >= 4 is 5.97 Å². The first-order valence-corrected chi connectivity index (χ1v) is 6.03. The van der Waals surface area contributed by atoms with Crippen molar-refractivity contribution in [3.8, 4) is 0 Å². The number of hydrogen-bond acceptors (Lipinski definition) is 4. The van der Waals surface area contributed by atoms with Crippen LogP contribution in [0.1, 0.15) is 40.5 Å². The summed E-state index contributed by atoms with van der Waals surface area (Å²) in [5.41, 5.74) is 5.42. The van der Waals surface area contributed by atoms with Gasteiger partial charge in [-0.3, -0.25) is 0 Å². The molecule has 0 bridgehead atoms.